The molecule has 3 unspecified atom stereocenters. The molecule has 1 N–H and O–H groups in total. The number of rotatable bonds is 3. The maximum atomic E-state index is 10.2. The van der Waals surface area contributed by atoms with E-state index in [0.29, 0.717) is 5.92 Å². The van der Waals surface area contributed by atoms with Crippen molar-refractivity contribution in [1.29, 1.82) is 0 Å². The highest BCUT2D eigenvalue weighted by atomic mass is 16.5. The zero-order valence-corrected chi connectivity index (χ0v) is 9.10. The van der Waals surface area contributed by atoms with E-state index in [1.807, 2.05) is 30.3 Å². The van der Waals surface area contributed by atoms with Gasteiger partial charge in [0.25, 0.3) is 0 Å². The molecule has 0 radical (unpaired) electrons. The van der Waals surface area contributed by atoms with Crippen molar-refractivity contribution in [2.45, 2.75) is 19.4 Å². The van der Waals surface area contributed by atoms with E-state index in [2.05, 4.69) is 6.92 Å². The Kier molecular flexibility index (Phi) is 3.39. The zero-order chi connectivity index (χ0) is 10.7. The van der Waals surface area contributed by atoms with Crippen molar-refractivity contribution in [2.24, 2.45) is 11.8 Å². The van der Waals surface area contributed by atoms with E-state index in [0.717, 1.165) is 25.2 Å². The largest absolute Gasteiger partial charge is 0.388 e. The van der Waals surface area contributed by atoms with E-state index >= 15 is 0 Å². The Morgan fingerprint density at radius 3 is 2.67 bits per heavy atom. The molecular formula is C13H18O2. The Morgan fingerprint density at radius 2 is 2.07 bits per heavy atom. The minimum Gasteiger partial charge on any atom is -0.388 e. The number of ether oxygens (including phenoxy) is 1. The summed E-state index contributed by atoms with van der Waals surface area (Å²) in [6, 6.07) is 9.88. The molecule has 0 saturated carbocycles. The Hall–Kier alpha value is -0.860. The van der Waals surface area contributed by atoms with E-state index in [-0.39, 0.29) is 12.0 Å². The van der Waals surface area contributed by atoms with Crippen molar-refractivity contribution >= 4 is 0 Å². The molecule has 82 valence electrons. The predicted molar refractivity (Wildman–Crippen MR) is 59.5 cm³/mol. The Morgan fingerprint density at radius 1 is 1.33 bits per heavy atom. The number of hydrogen-bond acceptors (Lipinski definition) is 2. The Labute approximate surface area is 90.9 Å². The molecule has 1 saturated heterocycles. The van der Waals surface area contributed by atoms with Crippen LogP contribution in [0.1, 0.15) is 25.0 Å². The van der Waals surface area contributed by atoms with E-state index in [9.17, 15) is 5.11 Å². The number of aliphatic hydroxyl groups excluding tert-OH is 1. The Balaban J connectivity index is 2.03. The molecule has 1 aliphatic heterocycles. The molecule has 2 rings (SSSR count). The second-order valence-corrected chi connectivity index (χ2v) is 4.34. The second kappa shape index (κ2) is 4.77. The number of aliphatic hydroxyl groups is 1. The van der Waals surface area contributed by atoms with Crippen molar-refractivity contribution < 1.29 is 9.84 Å². The third-order valence-corrected chi connectivity index (χ3v) is 3.35. The zero-order valence-electron chi connectivity index (χ0n) is 9.10. The van der Waals surface area contributed by atoms with Gasteiger partial charge in [0.05, 0.1) is 6.10 Å². The summed E-state index contributed by atoms with van der Waals surface area (Å²) in [7, 11) is 0. The summed E-state index contributed by atoms with van der Waals surface area (Å²) < 4.78 is 5.35. The fraction of sp³-hybridized carbons (Fsp3) is 0.538. The summed E-state index contributed by atoms with van der Waals surface area (Å²) in [4.78, 5) is 0. The molecule has 0 bridgehead atoms. The number of hydrogen-bond donors (Lipinski definition) is 1. The van der Waals surface area contributed by atoms with Crippen molar-refractivity contribution in [1.82, 2.24) is 0 Å². The van der Waals surface area contributed by atoms with E-state index in [1.54, 1.807) is 0 Å². The van der Waals surface area contributed by atoms with Crippen LogP contribution in [0.3, 0.4) is 0 Å². The van der Waals surface area contributed by atoms with Crippen molar-refractivity contribution in [3.63, 3.8) is 0 Å². The lowest BCUT2D eigenvalue weighted by Crippen LogP contribution is -2.19. The van der Waals surface area contributed by atoms with Crippen LogP contribution in [0.4, 0.5) is 0 Å². The van der Waals surface area contributed by atoms with Gasteiger partial charge in [0.2, 0.25) is 0 Å². The molecule has 0 aliphatic carbocycles. The fourth-order valence-corrected chi connectivity index (χ4v) is 2.18. The highest BCUT2D eigenvalue weighted by molar-refractivity contribution is 5.18. The lowest BCUT2D eigenvalue weighted by molar-refractivity contribution is 0.0742. The van der Waals surface area contributed by atoms with Gasteiger partial charge >= 0.3 is 0 Å². The van der Waals surface area contributed by atoms with Gasteiger partial charge in [0.15, 0.2) is 0 Å². The van der Waals surface area contributed by atoms with Crippen LogP contribution in [-0.2, 0) is 4.74 Å². The molecule has 3 atom stereocenters. The van der Waals surface area contributed by atoms with Gasteiger partial charge in [-0.2, -0.15) is 0 Å². The van der Waals surface area contributed by atoms with Gasteiger partial charge in [0, 0.05) is 13.2 Å². The van der Waals surface area contributed by atoms with Crippen LogP contribution in [0.25, 0.3) is 0 Å². The van der Waals surface area contributed by atoms with E-state index in [1.165, 1.54) is 0 Å². The van der Waals surface area contributed by atoms with Crippen molar-refractivity contribution in [3.8, 4) is 0 Å². The summed E-state index contributed by atoms with van der Waals surface area (Å²) >= 11 is 0. The monoisotopic (exact) mass is 206 g/mol. The summed E-state index contributed by atoms with van der Waals surface area (Å²) in [6.07, 6.45) is 0.711. The first-order valence-corrected chi connectivity index (χ1v) is 5.60. The van der Waals surface area contributed by atoms with Gasteiger partial charge in [-0.1, -0.05) is 37.3 Å². The molecule has 1 aliphatic rings. The van der Waals surface area contributed by atoms with Gasteiger partial charge in [-0.15, -0.1) is 0 Å². The second-order valence-electron chi connectivity index (χ2n) is 4.34. The lowest BCUT2D eigenvalue weighted by Gasteiger charge is -2.23. The van der Waals surface area contributed by atoms with Gasteiger partial charge < -0.3 is 9.84 Å². The average Bonchev–Trinajstić information content (AvgIpc) is 2.82. The lowest BCUT2D eigenvalue weighted by atomic mass is 9.85. The summed E-state index contributed by atoms with van der Waals surface area (Å²) in [5.74, 6) is 0.773. The van der Waals surface area contributed by atoms with Crippen LogP contribution >= 0.6 is 0 Å². The van der Waals surface area contributed by atoms with Gasteiger partial charge in [-0.25, -0.2) is 0 Å². The molecule has 1 aromatic carbocycles. The van der Waals surface area contributed by atoms with Crippen LogP contribution in [0, 0.1) is 11.8 Å². The minimum atomic E-state index is -0.363. The maximum absolute atomic E-state index is 10.2. The average molecular weight is 206 g/mol. The van der Waals surface area contributed by atoms with Gasteiger partial charge in [-0.05, 0) is 23.8 Å². The topological polar surface area (TPSA) is 29.5 Å². The molecule has 15 heavy (non-hydrogen) atoms. The van der Waals surface area contributed by atoms with Crippen LogP contribution in [0.5, 0.6) is 0 Å². The molecule has 2 nitrogen and oxygen atoms in total. The third-order valence-electron chi connectivity index (χ3n) is 3.35. The SMILES string of the molecule is CC(C1CCOC1)C(O)c1ccccc1. The van der Waals surface area contributed by atoms with Crippen molar-refractivity contribution in [2.75, 3.05) is 13.2 Å². The van der Waals surface area contributed by atoms with Crippen molar-refractivity contribution in [3.05, 3.63) is 35.9 Å². The van der Waals surface area contributed by atoms with Gasteiger partial charge in [-0.3, -0.25) is 0 Å². The number of benzene rings is 1. The highest BCUT2D eigenvalue weighted by Crippen LogP contribution is 2.32. The highest BCUT2D eigenvalue weighted by Gasteiger charge is 2.28. The quantitative estimate of drug-likeness (QED) is 0.822. The third kappa shape index (κ3) is 2.39. The first kappa shape index (κ1) is 10.7. The molecule has 1 heterocycles. The van der Waals surface area contributed by atoms with Crippen LogP contribution < -0.4 is 0 Å². The first-order valence-electron chi connectivity index (χ1n) is 5.60. The maximum Gasteiger partial charge on any atom is 0.0819 e. The molecule has 0 amide bonds. The fourth-order valence-electron chi connectivity index (χ4n) is 2.18. The first-order chi connectivity index (χ1) is 7.29. The summed E-state index contributed by atoms with van der Waals surface area (Å²) in [6.45, 7) is 3.75. The van der Waals surface area contributed by atoms with Crippen LogP contribution in [-0.4, -0.2) is 18.3 Å². The standard InChI is InChI=1S/C13H18O2/c1-10(12-7-8-15-9-12)13(14)11-5-3-2-4-6-11/h2-6,10,12-14H,7-9H2,1H3. The molecular weight excluding hydrogens is 188 g/mol. The van der Waals surface area contributed by atoms with Crippen LogP contribution in [0.15, 0.2) is 30.3 Å². The predicted octanol–water partition coefficient (Wildman–Crippen LogP) is 2.39. The van der Waals surface area contributed by atoms with Crippen LogP contribution in [0.2, 0.25) is 0 Å². The minimum absolute atomic E-state index is 0.273. The normalized spacial score (nSPS) is 25.1. The molecule has 0 spiro atoms. The summed E-state index contributed by atoms with van der Waals surface area (Å²) in [5, 5.41) is 10.2. The Bertz CT molecular complexity index is 291. The molecule has 0 aromatic heterocycles. The van der Waals surface area contributed by atoms with E-state index in [4.69, 9.17) is 4.74 Å². The van der Waals surface area contributed by atoms with Gasteiger partial charge in [0.1, 0.15) is 0 Å². The molecule has 1 aromatic rings. The van der Waals surface area contributed by atoms with E-state index < -0.39 is 0 Å². The molecule has 2 heteroatoms. The molecule has 1 fully saturated rings. The summed E-state index contributed by atoms with van der Waals surface area (Å²) in [5.41, 5.74) is 1.01. The smallest absolute Gasteiger partial charge is 0.0819 e.